The SMILES string of the molecule is Cc1ccc2c(c1)CC(C)(CN)CC2. The van der Waals surface area contributed by atoms with E-state index < -0.39 is 0 Å². The van der Waals surface area contributed by atoms with E-state index in [1.165, 1.54) is 29.5 Å². The van der Waals surface area contributed by atoms with Crippen LogP contribution in [0.3, 0.4) is 0 Å². The Bertz CT molecular complexity index is 343. The Morgan fingerprint density at radius 1 is 1.36 bits per heavy atom. The summed E-state index contributed by atoms with van der Waals surface area (Å²) in [5, 5.41) is 0. The van der Waals surface area contributed by atoms with Crippen LogP contribution in [0.15, 0.2) is 18.2 Å². The molecule has 0 spiro atoms. The van der Waals surface area contributed by atoms with Crippen LogP contribution in [0.4, 0.5) is 0 Å². The Hall–Kier alpha value is -0.820. The molecule has 14 heavy (non-hydrogen) atoms. The van der Waals surface area contributed by atoms with Crippen LogP contribution in [0.5, 0.6) is 0 Å². The second-order valence-corrected chi connectivity index (χ2v) is 4.96. The maximum atomic E-state index is 5.83. The summed E-state index contributed by atoms with van der Waals surface area (Å²) in [5.41, 5.74) is 10.6. The van der Waals surface area contributed by atoms with Crippen LogP contribution in [-0.4, -0.2) is 6.54 Å². The van der Waals surface area contributed by atoms with Gasteiger partial charge in [0.2, 0.25) is 0 Å². The fraction of sp³-hybridized carbons (Fsp3) is 0.538. The third kappa shape index (κ3) is 1.69. The van der Waals surface area contributed by atoms with Gasteiger partial charge in [-0.25, -0.2) is 0 Å². The van der Waals surface area contributed by atoms with Gasteiger partial charge in [0.05, 0.1) is 0 Å². The van der Waals surface area contributed by atoms with E-state index in [4.69, 9.17) is 5.73 Å². The van der Waals surface area contributed by atoms with E-state index in [0.717, 1.165) is 13.0 Å². The van der Waals surface area contributed by atoms with Crippen LogP contribution in [0.2, 0.25) is 0 Å². The number of nitrogens with two attached hydrogens (primary N) is 1. The third-order valence-corrected chi connectivity index (χ3v) is 3.47. The maximum absolute atomic E-state index is 5.83. The summed E-state index contributed by atoms with van der Waals surface area (Å²) in [4.78, 5) is 0. The third-order valence-electron chi connectivity index (χ3n) is 3.47. The monoisotopic (exact) mass is 189 g/mol. The highest BCUT2D eigenvalue weighted by atomic mass is 14.6. The van der Waals surface area contributed by atoms with Crippen molar-refractivity contribution in [3.8, 4) is 0 Å². The molecule has 0 radical (unpaired) electrons. The van der Waals surface area contributed by atoms with Gasteiger partial charge >= 0.3 is 0 Å². The van der Waals surface area contributed by atoms with E-state index in [2.05, 4.69) is 32.0 Å². The molecule has 0 saturated heterocycles. The Balaban J connectivity index is 2.33. The van der Waals surface area contributed by atoms with Gasteiger partial charge in [0.1, 0.15) is 0 Å². The van der Waals surface area contributed by atoms with Gasteiger partial charge in [-0.1, -0.05) is 30.7 Å². The molecule has 0 bridgehead atoms. The molecule has 1 aromatic rings. The number of rotatable bonds is 1. The smallest absolute Gasteiger partial charge is 0.00199 e. The molecule has 0 aromatic heterocycles. The molecule has 0 aliphatic heterocycles. The minimum absolute atomic E-state index is 0.334. The molecule has 0 amide bonds. The lowest BCUT2D eigenvalue weighted by Crippen LogP contribution is -2.33. The second kappa shape index (κ2) is 3.39. The Labute approximate surface area is 86.3 Å². The fourth-order valence-corrected chi connectivity index (χ4v) is 2.32. The molecular formula is C13H19N. The van der Waals surface area contributed by atoms with Gasteiger partial charge < -0.3 is 5.73 Å². The van der Waals surface area contributed by atoms with Crippen molar-refractivity contribution < 1.29 is 0 Å². The molecule has 0 fully saturated rings. The number of hydrogen-bond acceptors (Lipinski definition) is 1. The van der Waals surface area contributed by atoms with E-state index in [1.807, 2.05) is 0 Å². The van der Waals surface area contributed by atoms with Crippen molar-refractivity contribution in [1.29, 1.82) is 0 Å². The van der Waals surface area contributed by atoms with E-state index >= 15 is 0 Å². The summed E-state index contributed by atoms with van der Waals surface area (Å²) in [5.74, 6) is 0. The Morgan fingerprint density at radius 3 is 2.86 bits per heavy atom. The zero-order valence-electron chi connectivity index (χ0n) is 9.14. The molecule has 0 saturated carbocycles. The first-order valence-electron chi connectivity index (χ1n) is 5.41. The maximum Gasteiger partial charge on any atom is -0.00199 e. The van der Waals surface area contributed by atoms with Crippen molar-refractivity contribution in [2.24, 2.45) is 11.1 Å². The number of fused-ring (bicyclic) bond motifs is 1. The first-order chi connectivity index (χ1) is 6.63. The summed E-state index contributed by atoms with van der Waals surface area (Å²) in [6.45, 7) is 5.27. The highest BCUT2D eigenvalue weighted by molar-refractivity contribution is 5.34. The van der Waals surface area contributed by atoms with Crippen molar-refractivity contribution in [2.45, 2.75) is 33.1 Å². The molecule has 1 heteroatoms. The second-order valence-electron chi connectivity index (χ2n) is 4.96. The summed E-state index contributed by atoms with van der Waals surface area (Å²) < 4.78 is 0. The van der Waals surface area contributed by atoms with Crippen molar-refractivity contribution >= 4 is 0 Å². The molecule has 1 atom stereocenters. The number of benzene rings is 1. The van der Waals surface area contributed by atoms with Gasteiger partial charge in [-0.2, -0.15) is 0 Å². The van der Waals surface area contributed by atoms with Crippen LogP contribution in [-0.2, 0) is 12.8 Å². The van der Waals surface area contributed by atoms with E-state index in [-0.39, 0.29) is 0 Å². The van der Waals surface area contributed by atoms with Crippen molar-refractivity contribution in [3.05, 3.63) is 34.9 Å². The molecule has 0 heterocycles. The Morgan fingerprint density at radius 2 is 2.14 bits per heavy atom. The zero-order chi connectivity index (χ0) is 10.2. The largest absolute Gasteiger partial charge is 0.330 e. The van der Waals surface area contributed by atoms with Crippen molar-refractivity contribution in [1.82, 2.24) is 0 Å². The van der Waals surface area contributed by atoms with Crippen LogP contribution in [0.25, 0.3) is 0 Å². The molecule has 2 rings (SSSR count). The molecular weight excluding hydrogens is 170 g/mol. The van der Waals surface area contributed by atoms with E-state index in [0.29, 0.717) is 5.41 Å². The molecule has 1 aliphatic rings. The number of aryl methyl sites for hydroxylation is 2. The highest BCUT2D eigenvalue weighted by Gasteiger charge is 2.28. The summed E-state index contributed by atoms with van der Waals surface area (Å²) >= 11 is 0. The first-order valence-corrected chi connectivity index (χ1v) is 5.41. The van der Waals surface area contributed by atoms with E-state index in [9.17, 15) is 0 Å². The zero-order valence-corrected chi connectivity index (χ0v) is 9.14. The van der Waals surface area contributed by atoms with Gasteiger partial charge in [-0.3, -0.25) is 0 Å². The van der Waals surface area contributed by atoms with Gasteiger partial charge in [-0.15, -0.1) is 0 Å². The lowest BCUT2D eigenvalue weighted by Gasteiger charge is -2.33. The highest BCUT2D eigenvalue weighted by Crippen LogP contribution is 2.34. The molecule has 1 nitrogen and oxygen atoms in total. The summed E-state index contributed by atoms with van der Waals surface area (Å²) in [6.07, 6.45) is 3.59. The van der Waals surface area contributed by atoms with Crippen molar-refractivity contribution in [2.75, 3.05) is 6.54 Å². The van der Waals surface area contributed by atoms with E-state index in [1.54, 1.807) is 0 Å². The Kier molecular flexibility index (Phi) is 2.36. The molecule has 2 N–H and O–H groups in total. The molecule has 76 valence electrons. The number of hydrogen-bond donors (Lipinski definition) is 1. The van der Waals surface area contributed by atoms with Gasteiger partial charge in [0.25, 0.3) is 0 Å². The van der Waals surface area contributed by atoms with Gasteiger partial charge in [0.15, 0.2) is 0 Å². The summed E-state index contributed by atoms with van der Waals surface area (Å²) in [7, 11) is 0. The van der Waals surface area contributed by atoms with Crippen LogP contribution >= 0.6 is 0 Å². The lowest BCUT2D eigenvalue weighted by molar-refractivity contribution is 0.290. The quantitative estimate of drug-likeness (QED) is 0.721. The van der Waals surface area contributed by atoms with Crippen LogP contribution in [0.1, 0.15) is 30.0 Å². The molecule has 1 unspecified atom stereocenters. The minimum atomic E-state index is 0.334. The first kappa shape index (κ1) is 9.72. The standard InChI is InChI=1S/C13H19N/c1-10-3-4-11-5-6-13(2,9-14)8-12(11)7-10/h3-4,7H,5-6,8-9,14H2,1-2H3. The van der Waals surface area contributed by atoms with Crippen LogP contribution in [0, 0.1) is 12.3 Å². The predicted molar refractivity (Wildman–Crippen MR) is 60.4 cm³/mol. The normalized spacial score (nSPS) is 25.9. The van der Waals surface area contributed by atoms with Gasteiger partial charge in [-0.05, 0) is 49.3 Å². The predicted octanol–water partition coefficient (Wildman–Crippen LogP) is 2.45. The van der Waals surface area contributed by atoms with Crippen LogP contribution < -0.4 is 5.73 Å². The average molecular weight is 189 g/mol. The lowest BCUT2D eigenvalue weighted by atomic mass is 9.73. The minimum Gasteiger partial charge on any atom is -0.330 e. The summed E-state index contributed by atoms with van der Waals surface area (Å²) in [6, 6.07) is 6.81. The molecule has 1 aliphatic carbocycles. The van der Waals surface area contributed by atoms with Gasteiger partial charge in [0, 0.05) is 0 Å². The topological polar surface area (TPSA) is 26.0 Å². The molecule has 1 aromatic carbocycles. The fourth-order valence-electron chi connectivity index (χ4n) is 2.32. The van der Waals surface area contributed by atoms with Crippen molar-refractivity contribution in [3.63, 3.8) is 0 Å². The average Bonchev–Trinajstić information content (AvgIpc) is 2.17.